The van der Waals surface area contributed by atoms with Crippen molar-refractivity contribution in [2.45, 2.75) is 44.7 Å². The molecule has 1 aliphatic heterocycles. The maximum atomic E-state index is 13.5. The Bertz CT molecular complexity index is 833. The lowest BCUT2D eigenvalue weighted by molar-refractivity contribution is 0.0138. The van der Waals surface area contributed by atoms with E-state index in [1.54, 1.807) is 32.6 Å². The molecule has 1 fully saturated rings. The number of amides is 1. The van der Waals surface area contributed by atoms with E-state index in [9.17, 15) is 27.1 Å². The second-order valence-corrected chi connectivity index (χ2v) is 9.20. The average molecular weight is 416 g/mol. The van der Waals surface area contributed by atoms with Gasteiger partial charge in [-0.3, -0.25) is 4.90 Å². The van der Waals surface area contributed by atoms with Crippen molar-refractivity contribution < 1.29 is 31.9 Å². The van der Waals surface area contributed by atoms with Gasteiger partial charge in [0.05, 0.1) is 4.90 Å². The number of hydrogen-bond acceptors (Lipinski definition) is 7. The number of carbonyl (C=O) groups is 1. The summed E-state index contributed by atoms with van der Waals surface area (Å²) in [6.45, 7) is 9.20. The van der Waals surface area contributed by atoms with Crippen LogP contribution in [0.1, 0.15) is 31.9 Å². The zero-order chi connectivity index (χ0) is 21.3. The van der Waals surface area contributed by atoms with Crippen LogP contribution in [-0.2, 0) is 21.5 Å². The number of nitrogens with zero attached hydrogens (tertiary/aromatic N) is 2. The van der Waals surface area contributed by atoms with Gasteiger partial charge in [-0.15, -0.1) is 3.89 Å². The quantitative estimate of drug-likeness (QED) is 0.540. The Morgan fingerprint density at radius 1 is 1.21 bits per heavy atom. The SMILES string of the molecule is Cc1c(CN2CCN(C(=O)OC(C)(C)C)CC2)cc(S(=O)(=O)F)cc1B(O)O. The molecule has 0 atom stereocenters. The van der Waals surface area contributed by atoms with Crippen molar-refractivity contribution in [3.8, 4) is 0 Å². The highest BCUT2D eigenvalue weighted by molar-refractivity contribution is 7.86. The van der Waals surface area contributed by atoms with Gasteiger partial charge in [0.25, 0.3) is 0 Å². The van der Waals surface area contributed by atoms with Gasteiger partial charge >= 0.3 is 23.4 Å². The molecule has 8 nitrogen and oxygen atoms in total. The summed E-state index contributed by atoms with van der Waals surface area (Å²) in [5.74, 6) is 0. The molecule has 0 radical (unpaired) electrons. The van der Waals surface area contributed by atoms with Crippen LogP contribution in [0.5, 0.6) is 0 Å². The van der Waals surface area contributed by atoms with Gasteiger partial charge in [0.1, 0.15) is 5.60 Å². The Morgan fingerprint density at radius 3 is 2.25 bits per heavy atom. The van der Waals surface area contributed by atoms with E-state index in [2.05, 4.69) is 0 Å². The summed E-state index contributed by atoms with van der Waals surface area (Å²) in [6, 6.07) is 2.13. The molecule has 2 N–H and O–H groups in total. The number of rotatable bonds is 4. The topological polar surface area (TPSA) is 107 Å². The van der Waals surface area contributed by atoms with Gasteiger partial charge in [0.15, 0.2) is 0 Å². The van der Waals surface area contributed by atoms with Crippen LogP contribution < -0.4 is 5.46 Å². The number of ether oxygens (including phenoxy) is 1. The Balaban J connectivity index is 2.13. The lowest BCUT2D eigenvalue weighted by atomic mass is 9.76. The molecule has 0 bridgehead atoms. The van der Waals surface area contributed by atoms with Crippen molar-refractivity contribution >= 4 is 28.9 Å². The molecule has 0 aliphatic carbocycles. The van der Waals surface area contributed by atoms with Gasteiger partial charge in [-0.25, -0.2) is 4.79 Å². The van der Waals surface area contributed by atoms with Crippen molar-refractivity contribution in [1.82, 2.24) is 9.80 Å². The van der Waals surface area contributed by atoms with Crippen LogP contribution >= 0.6 is 0 Å². The van der Waals surface area contributed by atoms with E-state index in [0.717, 1.165) is 6.07 Å². The second-order valence-electron chi connectivity index (χ2n) is 7.85. The van der Waals surface area contributed by atoms with Crippen molar-refractivity contribution in [3.63, 3.8) is 0 Å². The van der Waals surface area contributed by atoms with Crippen LogP contribution in [0.4, 0.5) is 8.68 Å². The summed E-state index contributed by atoms with van der Waals surface area (Å²) in [7, 11) is -6.90. The Hall–Kier alpha value is -1.69. The largest absolute Gasteiger partial charge is 0.488 e. The van der Waals surface area contributed by atoms with Crippen molar-refractivity contribution in [2.75, 3.05) is 26.2 Å². The van der Waals surface area contributed by atoms with Crippen molar-refractivity contribution in [2.24, 2.45) is 0 Å². The molecule has 28 heavy (non-hydrogen) atoms. The second kappa shape index (κ2) is 8.36. The number of halogens is 1. The number of piperazine rings is 1. The first kappa shape index (κ1) is 22.6. The molecule has 0 unspecified atom stereocenters. The predicted octanol–water partition coefficient (Wildman–Crippen LogP) is 0.386. The number of carbonyl (C=O) groups excluding carboxylic acids is 1. The maximum Gasteiger partial charge on any atom is 0.488 e. The molecule has 1 saturated heterocycles. The van der Waals surface area contributed by atoms with Gasteiger partial charge in [0, 0.05) is 32.7 Å². The Kier molecular flexibility index (Phi) is 6.75. The molecular formula is C17H26BFN2O6S. The smallest absolute Gasteiger partial charge is 0.444 e. The molecular weight excluding hydrogens is 390 g/mol. The molecule has 0 saturated carbocycles. The fraction of sp³-hybridized carbons (Fsp3) is 0.588. The molecule has 0 aromatic heterocycles. The Morgan fingerprint density at radius 2 is 1.79 bits per heavy atom. The fourth-order valence-corrected chi connectivity index (χ4v) is 3.55. The van der Waals surface area contributed by atoms with Crippen LogP contribution in [0.2, 0.25) is 0 Å². The minimum atomic E-state index is -4.99. The van der Waals surface area contributed by atoms with Gasteiger partial charge in [-0.1, -0.05) is 0 Å². The maximum absolute atomic E-state index is 13.5. The molecule has 1 aromatic carbocycles. The summed E-state index contributed by atoms with van der Waals surface area (Å²) >= 11 is 0. The van der Waals surface area contributed by atoms with Crippen molar-refractivity contribution in [3.05, 3.63) is 23.3 Å². The molecule has 1 aliphatic rings. The Labute approximate surface area is 165 Å². The number of hydrogen-bond donors (Lipinski definition) is 2. The minimum absolute atomic E-state index is 0.0545. The third kappa shape index (κ3) is 5.90. The minimum Gasteiger partial charge on any atom is -0.444 e. The first-order valence-corrected chi connectivity index (χ1v) is 10.3. The normalized spacial score (nSPS) is 16.2. The highest BCUT2D eigenvalue weighted by atomic mass is 32.3. The van der Waals surface area contributed by atoms with E-state index in [0.29, 0.717) is 37.3 Å². The third-order valence-electron chi connectivity index (χ3n) is 4.51. The first-order chi connectivity index (χ1) is 12.8. The van der Waals surface area contributed by atoms with Crippen LogP contribution in [0.25, 0.3) is 0 Å². The van der Waals surface area contributed by atoms with Crippen LogP contribution in [0, 0.1) is 6.92 Å². The van der Waals surface area contributed by atoms with E-state index in [4.69, 9.17) is 4.74 Å². The predicted molar refractivity (Wildman–Crippen MR) is 102 cm³/mol. The van der Waals surface area contributed by atoms with E-state index in [1.807, 2.05) is 4.90 Å². The molecule has 1 aromatic rings. The monoisotopic (exact) mass is 416 g/mol. The summed E-state index contributed by atoms with van der Waals surface area (Å²) in [5, 5.41) is 19.0. The summed E-state index contributed by atoms with van der Waals surface area (Å²) < 4.78 is 41.4. The molecule has 11 heteroatoms. The van der Waals surface area contributed by atoms with Gasteiger partial charge in [0.2, 0.25) is 0 Å². The van der Waals surface area contributed by atoms with Crippen LogP contribution in [0.15, 0.2) is 17.0 Å². The highest BCUT2D eigenvalue weighted by Crippen LogP contribution is 2.19. The molecule has 2 rings (SSSR count). The summed E-state index contributed by atoms with van der Waals surface area (Å²) in [4.78, 5) is 15.1. The molecule has 1 heterocycles. The van der Waals surface area contributed by atoms with Crippen LogP contribution in [-0.4, -0.2) is 73.3 Å². The lowest BCUT2D eigenvalue weighted by Crippen LogP contribution is -2.49. The number of benzene rings is 1. The third-order valence-corrected chi connectivity index (χ3v) is 5.31. The van der Waals surface area contributed by atoms with E-state index >= 15 is 0 Å². The summed E-state index contributed by atoms with van der Waals surface area (Å²) in [5.41, 5.74) is 0.330. The fourth-order valence-electron chi connectivity index (χ4n) is 3.00. The molecule has 0 spiro atoms. The standard InChI is InChI=1S/C17H26BFN2O6S/c1-12-13(9-14(28(19,25)26)10-15(12)18(23)24)11-20-5-7-21(8-6-20)16(22)27-17(2,3)4/h9-10,23-24H,5-8,11H2,1-4H3. The van der Waals surface area contributed by atoms with Crippen molar-refractivity contribution in [1.29, 1.82) is 0 Å². The van der Waals surface area contributed by atoms with Crippen LogP contribution in [0.3, 0.4) is 0 Å². The van der Waals surface area contributed by atoms with E-state index in [-0.39, 0.29) is 18.1 Å². The first-order valence-electron chi connectivity index (χ1n) is 8.92. The average Bonchev–Trinajstić information content (AvgIpc) is 2.54. The van der Waals surface area contributed by atoms with Gasteiger partial charge < -0.3 is 19.7 Å². The van der Waals surface area contributed by atoms with Gasteiger partial charge in [-0.05, 0) is 56.4 Å². The zero-order valence-corrected chi connectivity index (χ0v) is 17.3. The zero-order valence-electron chi connectivity index (χ0n) is 16.5. The lowest BCUT2D eigenvalue weighted by Gasteiger charge is -2.36. The summed E-state index contributed by atoms with van der Waals surface area (Å²) in [6.07, 6.45) is -0.389. The van der Waals surface area contributed by atoms with E-state index in [1.165, 1.54) is 6.07 Å². The van der Waals surface area contributed by atoms with Gasteiger partial charge in [-0.2, -0.15) is 8.42 Å². The molecule has 1 amide bonds. The molecule has 156 valence electrons. The highest BCUT2D eigenvalue weighted by Gasteiger charge is 2.27. The van der Waals surface area contributed by atoms with E-state index < -0.39 is 27.8 Å².